The van der Waals surface area contributed by atoms with Crippen LogP contribution in [0.15, 0.2) is 34.8 Å². The van der Waals surface area contributed by atoms with E-state index in [1.165, 1.54) is 0 Å². The molecule has 4 heteroatoms. The van der Waals surface area contributed by atoms with E-state index in [1.807, 2.05) is 18.2 Å². The Morgan fingerprint density at radius 2 is 1.86 bits per heavy atom. The standard InChI is InChI=1S/C17H22BrN3/c1-4-10-19-17-15(18)16(13-8-6-5-7-9-13)20-14(21-17)11-12(2)3/h5-9,12H,4,10-11H2,1-3H3,(H,19,20,21). The van der Waals surface area contributed by atoms with Gasteiger partial charge in [-0.25, -0.2) is 9.97 Å². The van der Waals surface area contributed by atoms with Crippen molar-refractivity contribution in [2.45, 2.75) is 33.6 Å². The summed E-state index contributed by atoms with van der Waals surface area (Å²) < 4.78 is 0.939. The van der Waals surface area contributed by atoms with Crippen LogP contribution in [0.25, 0.3) is 11.3 Å². The van der Waals surface area contributed by atoms with Gasteiger partial charge in [-0.15, -0.1) is 0 Å². The van der Waals surface area contributed by atoms with Crippen LogP contribution in [0.4, 0.5) is 5.82 Å². The quantitative estimate of drug-likeness (QED) is 0.805. The molecule has 0 bridgehead atoms. The average Bonchev–Trinajstić information content (AvgIpc) is 2.48. The maximum Gasteiger partial charge on any atom is 0.144 e. The maximum atomic E-state index is 4.75. The van der Waals surface area contributed by atoms with Gasteiger partial charge in [0.05, 0.1) is 10.2 Å². The second kappa shape index (κ2) is 7.55. The number of nitrogens with zero attached hydrogens (tertiary/aromatic N) is 2. The van der Waals surface area contributed by atoms with E-state index in [2.05, 4.69) is 59.1 Å². The Kier molecular flexibility index (Phi) is 5.74. The van der Waals surface area contributed by atoms with Gasteiger partial charge in [-0.05, 0) is 28.3 Å². The summed E-state index contributed by atoms with van der Waals surface area (Å²) in [5.74, 6) is 2.32. The number of rotatable bonds is 6. The highest BCUT2D eigenvalue weighted by atomic mass is 79.9. The zero-order valence-electron chi connectivity index (χ0n) is 12.9. The molecule has 0 aliphatic heterocycles. The van der Waals surface area contributed by atoms with Crippen molar-refractivity contribution in [3.8, 4) is 11.3 Å². The third kappa shape index (κ3) is 4.27. The summed E-state index contributed by atoms with van der Waals surface area (Å²) in [5.41, 5.74) is 2.07. The first kappa shape index (κ1) is 16.0. The van der Waals surface area contributed by atoms with E-state index in [0.29, 0.717) is 5.92 Å². The lowest BCUT2D eigenvalue weighted by Crippen LogP contribution is -2.09. The van der Waals surface area contributed by atoms with Gasteiger partial charge in [-0.2, -0.15) is 0 Å². The number of anilines is 1. The van der Waals surface area contributed by atoms with Gasteiger partial charge in [0.1, 0.15) is 11.6 Å². The van der Waals surface area contributed by atoms with Crippen LogP contribution >= 0.6 is 15.9 Å². The Morgan fingerprint density at radius 1 is 1.14 bits per heavy atom. The van der Waals surface area contributed by atoms with Crippen molar-refractivity contribution in [3.63, 3.8) is 0 Å². The normalized spacial score (nSPS) is 10.9. The van der Waals surface area contributed by atoms with Crippen LogP contribution in [0, 0.1) is 5.92 Å². The summed E-state index contributed by atoms with van der Waals surface area (Å²) in [4.78, 5) is 9.42. The molecule has 0 saturated carbocycles. The molecule has 0 amide bonds. The first-order valence-corrected chi connectivity index (χ1v) is 8.26. The van der Waals surface area contributed by atoms with Crippen LogP contribution in [-0.2, 0) is 6.42 Å². The number of hydrogen-bond donors (Lipinski definition) is 1. The van der Waals surface area contributed by atoms with Crippen molar-refractivity contribution in [1.82, 2.24) is 9.97 Å². The van der Waals surface area contributed by atoms with Gasteiger partial charge in [-0.1, -0.05) is 51.1 Å². The van der Waals surface area contributed by atoms with E-state index < -0.39 is 0 Å². The molecular formula is C17H22BrN3. The van der Waals surface area contributed by atoms with Crippen molar-refractivity contribution >= 4 is 21.7 Å². The lowest BCUT2D eigenvalue weighted by Gasteiger charge is -2.14. The van der Waals surface area contributed by atoms with Gasteiger partial charge < -0.3 is 5.32 Å². The van der Waals surface area contributed by atoms with Crippen LogP contribution < -0.4 is 5.32 Å². The molecule has 0 aliphatic rings. The first-order chi connectivity index (χ1) is 10.1. The number of aromatic nitrogens is 2. The summed E-state index contributed by atoms with van der Waals surface area (Å²) in [6.45, 7) is 7.43. The molecule has 0 fully saturated rings. The lowest BCUT2D eigenvalue weighted by molar-refractivity contribution is 0.621. The second-order valence-corrected chi connectivity index (χ2v) is 6.33. The summed E-state index contributed by atoms with van der Waals surface area (Å²) in [5, 5.41) is 3.39. The van der Waals surface area contributed by atoms with Gasteiger partial charge in [0.2, 0.25) is 0 Å². The molecule has 2 aromatic rings. The Balaban J connectivity index is 2.46. The van der Waals surface area contributed by atoms with E-state index in [-0.39, 0.29) is 0 Å². The molecule has 3 nitrogen and oxygen atoms in total. The highest BCUT2D eigenvalue weighted by molar-refractivity contribution is 9.10. The van der Waals surface area contributed by atoms with Crippen LogP contribution in [0.2, 0.25) is 0 Å². The minimum Gasteiger partial charge on any atom is -0.369 e. The zero-order valence-corrected chi connectivity index (χ0v) is 14.4. The topological polar surface area (TPSA) is 37.8 Å². The fraction of sp³-hybridized carbons (Fsp3) is 0.412. The van der Waals surface area contributed by atoms with Crippen molar-refractivity contribution in [3.05, 3.63) is 40.6 Å². The molecule has 0 saturated heterocycles. The van der Waals surface area contributed by atoms with E-state index in [1.54, 1.807) is 0 Å². The molecule has 1 aromatic heterocycles. The van der Waals surface area contributed by atoms with Gasteiger partial charge in [0.15, 0.2) is 0 Å². The van der Waals surface area contributed by atoms with Crippen LogP contribution in [0.3, 0.4) is 0 Å². The van der Waals surface area contributed by atoms with Crippen LogP contribution in [0.1, 0.15) is 33.0 Å². The van der Waals surface area contributed by atoms with Crippen molar-refractivity contribution in [2.75, 3.05) is 11.9 Å². The van der Waals surface area contributed by atoms with Crippen molar-refractivity contribution in [2.24, 2.45) is 5.92 Å². The minimum absolute atomic E-state index is 0.536. The van der Waals surface area contributed by atoms with Crippen LogP contribution in [0.5, 0.6) is 0 Å². The zero-order chi connectivity index (χ0) is 15.2. The molecule has 0 radical (unpaired) electrons. The molecule has 0 aliphatic carbocycles. The number of benzene rings is 1. The second-order valence-electron chi connectivity index (χ2n) is 5.54. The molecule has 1 heterocycles. The van der Waals surface area contributed by atoms with Gasteiger partial charge in [0, 0.05) is 18.5 Å². The maximum absolute atomic E-state index is 4.75. The SMILES string of the molecule is CCCNc1nc(CC(C)C)nc(-c2ccccc2)c1Br. The third-order valence-corrected chi connectivity index (χ3v) is 3.83. The Morgan fingerprint density at radius 3 is 2.48 bits per heavy atom. The molecule has 0 atom stereocenters. The molecule has 0 spiro atoms. The molecule has 0 unspecified atom stereocenters. The molecule has 2 rings (SSSR count). The smallest absolute Gasteiger partial charge is 0.144 e. The third-order valence-electron chi connectivity index (χ3n) is 3.08. The van der Waals surface area contributed by atoms with Gasteiger partial charge >= 0.3 is 0 Å². The first-order valence-electron chi connectivity index (χ1n) is 7.47. The number of nitrogens with one attached hydrogen (secondary N) is 1. The lowest BCUT2D eigenvalue weighted by atomic mass is 10.1. The minimum atomic E-state index is 0.536. The average molecular weight is 348 g/mol. The predicted molar refractivity (Wildman–Crippen MR) is 92.5 cm³/mol. The van der Waals surface area contributed by atoms with E-state index in [0.717, 1.165) is 46.8 Å². The predicted octanol–water partition coefficient (Wildman–Crippen LogP) is 4.93. The summed E-state index contributed by atoms with van der Waals surface area (Å²) >= 11 is 3.66. The van der Waals surface area contributed by atoms with Crippen molar-refractivity contribution < 1.29 is 0 Å². The number of halogens is 1. The summed E-state index contributed by atoms with van der Waals surface area (Å²) in [6, 6.07) is 10.2. The fourth-order valence-corrected chi connectivity index (χ4v) is 2.64. The fourth-order valence-electron chi connectivity index (χ4n) is 2.10. The molecule has 1 N–H and O–H groups in total. The Bertz CT molecular complexity index is 582. The molecule has 21 heavy (non-hydrogen) atoms. The molecule has 1 aromatic carbocycles. The number of hydrogen-bond acceptors (Lipinski definition) is 3. The monoisotopic (exact) mass is 347 g/mol. The van der Waals surface area contributed by atoms with Crippen molar-refractivity contribution in [1.29, 1.82) is 0 Å². The van der Waals surface area contributed by atoms with Crippen LogP contribution in [-0.4, -0.2) is 16.5 Å². The van der Waals surface area contributed by atoms with E-state index >= 15 is 0 Å². The highest BCUT2D eigenvalue weighted by Crippen LogP contribution is 2.31. The van der Waals surface area contributed by atoms with Gasteiger partial charge in [-0.3, -0.25) is 0 Å². The van der Waals surface area contributed by atoms with E-state index in [4.69, 9.17) is 4.98 Å². The molecular weight excluding hydrogens is 326 g/mol. The Hall–Kier alpha value is -1.42. The highest BCUT2D eigenvalue weighted by Gasteiger charge is 2.14. The molecule has 112 valence electrons. The largest absolute Gasteiger partial charge is 0.369 e. The van der Waals surface area contributed by atoms with E-state index in [9.17, 15) is 0 Å². The van der Waals surface area contributed by atoms with Gasteiger partial charge in [0.25, 0.3) is 0 Å². The summed E-state index contributed by atoms with van der Waals surface area (Å²) in [6.07, 6.45) is 1.95. The Labute approximate surface area is 135 Å². The summed E-state index contributed by atoms with van der Waals surface area (Å²) in [7, 11) is 0.